The Labute approximate surface area is 292 Å². The molecule has 1 fully saturated rings. The van der Waals surface area contributed by atoms with Crippen molar-refractivity contribution in [1.82, 2.24) is 5.32 Å². The van der Waals surface area contributed by atoms with Crippen LogP contribution in [0.2, 0.25) is 0 Å². The fourth-order valence-electron chi connectivity index (χ4n) is 5.82. The van der Waals surface area contributed by atoms with E-state index < -0.39 is 48.3 Å². The molecule has 5 aromatic carbocycles. The number of amides is 1. The van der Waals surface area contributed by atoms with E-state index in [1.165, 1.54) is 0 Å². The van der Waals surface area contributed by atoms with Crippen LogP contribution < -0.4 is 10.1 Å². The molecular weight excluding hydrogens is 721 g/mol. The van der Waals surface area contributed by atoms with Gasteiger partial charge in [0.2, 0.25) is 6.29 Å². The molecule has 244 valence electrons. The summed E-state index contributed by atoms with van der Waals surface area (Å²) in [6, 6.07) is 42.9. The molecule has 0 bridgehead atoms. The van der Waals surface area contributed by atoms with E-state index >= 15 is 0 Å². The van der Waals surface area contributed by atoms with Gasteiger partial charge in [0.25, 0.3) is 0 Å². The van der Waals surface area contributed by atoms with Gasteiger partial charge in [-0.1, -0.05) is 109 Å². The van der Waals surface area contributed by atoms with E-state index in [2.05, 4.69) is 27.9 Å². The van der Waals surface area contributed by atoms with Gasteiger partial charge in [-0.05, 0) is 65.9 Å². The highest BCUT2D eigenvalue weighted by atomic mass is 127. The second-order valence-corrected chi connectivity index (χ2v) is 12.6. The van der Waals surface area contributed by atoms with Crippen molar-refractivity contribution in [3.8, 4) is 5.75 Å². The predicted molar refractivity (Wildman–Crippen MR) is 188 cm³/mol. The van der Waals surface area contributed by atoms with E-state index in [1.807, 2.05) is 103 Å². The average molecular weight is 756 g/mol. The quantitative estimate of drug-likeness (QED) is 0.0942. The maximum atomic E-state index is 14.3. The second-order valence-electron chi connectivity index (χ2n) is 11.3. The monoisotopic (exact) mass is 755 g/mol. The van der Waals surface area contributed by atoms with Crippen molar-refractivity contribution in [2.75, 3.05) is 0 Å². The topological polar surface area (TPSA) is 103 Å². The summed E-state index contributed by atoms with van der Waals surface area (Å²) in [5, 5.41) is 14.2. The molecule has 2 N–H and O–H groups in total. The minimum atomic E-state index is -1.38. The molecule has 5 aromatic rings. The third kappa shape index (κ3) is 7.23. The van der Waals surface area contributed by atoms with Crippen LogP contribution in [0.15, 0.2) is 146 Å². The number of aliphatic hydroxyl groups is 1. The molecule has 0 radical (unpaired) electrons. The first kappa shape index (κ1) is 33.2. The van der Waals surface area contributed by atoms with Crippen LogP contribution in [0.4, 0.5) is 4.79 Å². The number of carbonyl (C=O) groups is 2. The molecule has 0 unspecified atom stereocenters. The van der Waals surface area contributed by atoms with Crippen molar-refractivity contribution < 1.29 is 33.6 Å². The van der Waals surface area contributed by atoms with Gasteiger partial charge in [-0.2, -0.15) is 0 Å². The van der Waals surface area contributed by atoms with Gasteiger partial charge < -0.3 is 29.4 Å². The number of hydrogen-bond donors (Lipinski definition) is 2. The predicted octanol–water partition coefficient (Wildman–Crippen LogP) is 7.09. The Morgan fingerprint density at radius 1 is 0.729 bits per heavy atom. The van der Waals surface area contributed by atoms with Crippen LogP contribution in [0.1, 0.15) is 34.0 Å². The van der Waals surface area contributed by atoms with E-state index in [1.54, 1.807) is 49.4 Å². The van der Waals surface area contributed by atoms with Gasteiger partial charge in [-0.25, -0.2) is 9.59 Å². The zero-order chi connectivity index (χ0) is 33.5. The molecule has 0 aromatic heterocycles. The van der Waals surface area contributed by atoms with Crippen LogP contribution in [0, 0.1) is 3.57 Å². The number of carbonyl (C=O) groups excluding carboxylic acids is 2. The summed E-state index contributed by atoms with van der Waals surface area (Å²) in [5.74, 6) is -0.210. The molecule has 1 amide bonds. The Morgan fingerprint density at radius 3 is 1.71 bits per heavy atom. The van der Waals surface area contributed by atoms with E-state index in [0.717, 1.165) is 3.57 Å². The smallest absolute Gasteiger partial charge is 0.409 e. The van der Waals surface area contributed by atoms with Crippen molar-refractivity contribution in [1.29, 1.82) is 0 Å². The Morgan fingerprint density at radius 2 is 1.21 bits per heavy atom. The Hall–Kier alpha value is -4.71. The third-order valence-corrected chi connectivity index (χ3v) is 8.92. The molecule has 8 nitrogen and oxygen atoms in total. The van der Waals surface area contributed by atoms with Crippen LogP contribution >= 0.6 is 22.6 Å². The maximum absolute atomic E-state index is 14.3. The van der Waals surface area contributed by atoms with Gasteiger partial charge >= 0.3 is 12.1 Å². The highest BCUT2D eigenvalue weighted by Gasteiger charge is 2.49. The first-order chi connectivity index (χ1) is 23.3. The Bertz CT molecular complexity index is 1690. The van der Waals surface area contributed by atoms with Crippen LogP contribution in [-0.2, 0) is 19.8 Å². The molecule has 9 heteroatoms. The van der Waals surface area contributed by atoms with Gasteiger partial charge in [0.15, 0.2) is 11.7 Å². The van der Waals surface area contributed by atoms with Crippen LogP contribution in [0.3, 0.4) is 0 Å². The lowest BCUT2D eigenvalue weighted by molar-refractivity contribution is -0.231. The number of alkyl carbamates (subject to hydrolysis) is 1. The molecule has 0 spiro atoms. The normalized spacial score (nSPS) is 20.7. The second kappa shape index (κ2) is 15.0. The van der Waals surface area contributed by atoms with Crippen LogP contribution in [0.25, 0.3) is 0 Å². The first-order valence-corrected chi connectivity index (χ1v) is 16.6. The van der Waals surface area contributed by atoms with Gasteiger partial charge in [-0.3, -0.25) is 0 Å². The highest BCUT2D eigenvalue weighted by molar-refractivity contribution is 14.1. The highest BCUT2D eigenvalue weighted by Crippen LogP contribution is 2.41. The Balaban J connectivity index is 1.39. The lowest BCUT2D eigenvalue weighted by Gasteiger charge is -2.43. The van der Waals surface area contributed by atoms with Gasteiger partial charge in [0.1, 0.15) is 17.9 Å². The number of hydrogen-bond acceptors (Lipinski definition) is 7. The zero-order valence-corrected chi connectivity index (χ0v) is 28.2. The zero-order valence-electron chi connectivity index (χ0n) is 26.0. The minimum Gasteiger partial charge on any atom is -0.463 e. The SMILES string of the molecule is C[C@H]1O[C@H](Oc2ccc(I)cc2)[C@H](NC(=O)OC(c2ccccc2)(c2ccccc2)c2ccccc2)[C@@H](OC(=O)c2ccccc2)[C@H]1O. The van der Waals surface area contributed by atoms with Crippen molar-refractivity contribution in [3.05, 3.63) is 171 Å². The van der Waals surface area contributed by atoms with Crippen LogP contribution in [-0.4, -0.2) is 47.8 Å². The average Bonchev–Trinajstić information content (AvgIpc) is 3.13. The minimum absolute atomic E-state index is 0.288. The lowest BCUT2D eigenvalue weighted by atomic mass is 9.80. The van der Waals surface area contributed by atoms with E-state index in [9.17, 15) is 14.7 Å². The summed E-state index contributed by atoms with van der Waals surface area (Å²) >= 11 is 2.19. The molecule has 1 heterocycles. The molecular formula is C39H34INO7. The Kier molecular flexibility index (Phi) is 10.4. The largest absolute Gasteiger partial charge is 0.463 e. The summed E-state index contributed by atoms with van der Waals surface area (Å²) in [5.41, 5.74) is 1.05. The van der Waals surface area contributed by atoms with Crippen molar-refractivity contribution in [2.24, 2.45) is 0 Å². The number of rotatable bonds is 9. The molecule has 1 saturated heterocycles. The van der Waals surface area contributed by atoms with E-state index in [0.29, 0.717) is 22.4 Å². The van der Waals surface area contributed by atoms with E-state index in [-0.39, 0.29) is 5.56 Å². The fourth-order valence-corrected chi connectivity index (χ4v) is 6.18. The molecule has 48 heavy (non-hydrogen) atoms. The molecule has 1 aliphatic heterocycles. The summed E-state index contributed by atoms with van der Waals surface area (Å²) in [6.07, 6.45) is -5.38. The lowest BCUT2D eigenvalue weighted by Crippen LogP contribution is -2.65. The summed E-state index contributed by atoms with van der Waals surface area (Å²) in [6.45, 7) is 1.65. The van der Waals surface area contributed by atoms with Crippen molar-refractivity contribution >= 4 is 34.7 Å². The summed E-state index contributed by atoms with van der Waals surface area (Å²) in [4.78, 5) is 27.6. The third-order valence-electron chi connectivity index (χ3n) is 8.20. The number of benzene rings is 5. The number of esters is 1. The van der Waals surface area contributed by atoms with Crippen LogP contribution in [0.5, 0.6) is 5.75 Å². The first-order valence-electron chi connectivity index (χ1n) is 15.5. The summed E-state index contributed by atoms with van der Waals surface area (Å²) in [7, 11) is 0. The number of nitrogens with one attached hydrogen (secondary N) is 1. The van der Waals surface area contributed by atoms with Gasteiger partial charge in [-0.15, -0.1) is 0 Å². The van der Waals surface area contributed by atoms with Gasteiger partial charge in [0, 0.05) is 20.3 Å². The van der Waals surface area contributed by atoms with E-state index in [4.69, 9.17) is 18.9 Å². The summed E-state index contributed by atoms with van der Waals surface area (Å²) < 4.78 is 25.8. The molecule has 0 aliphatic carbocycles. The fraction of sp³-hybridized carbons (Fsp3) is 0.179. The standard InChI is InChI=1S/C39H34INO7/c1-26-34(42)35(47-36(43)27-14-6-2-7-15-27)33(37(45-26)46-32-24-22-31(40)23-25-32)41-38(44)48-39(28-16-8-3-9-17-28,29-18-10-4-11-19-29)30-20-12-5-13-21-30/h2-26,33-35,37,42H,1H3,(H,41,44)/t26-,33-,34+,35-,37-/m1/s1. The maximum Gasteiger partial charge on any atom is 0.409 e. The molecule has 1 aliphatic rings. The van der Waals surface area contributed by atoms with Gasteiger partial charge in [0.05, 0.1) is 11.7 Å². The number of aliphatic hydroxyl groups excluding tert-OH is 1. The van der Waals surface area contributed by atoms with Crippen molar-refractivity contribution in [3.63, 3.8) is 0 Å². The van der Waals surface area contributed by atoms with Crippen molar-refractivity contribution in [2.45, 2.75) is 43.2 Å². The number of halogens is 1. The molecule has 0 saturated carbocycles. The number of ether oxygens (including phenoxy) is 4. The molecule has 5 atom stereocenters. The molecule has 6 rings (SSSR count).